The van der Waals surface area contributed by atoms with Gasteiger partial charge in [-0.05, 0) is 66.0 Å². The smallest absolute Gasteiger partial charge is 0.312 e. The van der Waals surface area contributed by atoms with Crippen molar-refractivity contribution in [3.63, 3.8) is 0 Å². The minimum Gasteiger partial charge on any atom is -0.469 e. The second-order valence-electron chi connectivity index (χ2n) is 10.0. The Morgan fingerprint density at radius 3 is 1.97 bits per heavy atom. The molecule has 0 fully saturated rings. The third kappa shape index (κ3) is 9.17. The minimum atomic E-state index is -1.04. The fourth-order valence-electron chi connectivity index (χ4n) is 3.92. The van der Waals surface area contributed by atoms with Crippen LogP contribution in [0.5, 0.6) is 0 Å². The van der Waals surface area contributed by atoms with Crippen molar-refractivity contribution in [3.05, 3.63) is 0 Å². The van der Waals surface area contributed by atoms with Crippen molar-refractivity contribution in [2.75, 3.05) is 41.0 Å². The zero-order chi connectivity index (χ0) is 24.4. The lowest BCUT2D eigenvalue weighted by Gasteiger charge is -2.40. The van der Waals surface area contributed by atoms with E-state index in [2.05, 4.69) is 0 Å². The summed E-state index contributed by atoms with van der Waals surface area (Å²) in [4.78, 5) is 40.6. The summed E-state index contributed by atoms with van der Waals surface area (Å²) in [5, 5.41) is 0. The predicted octanol–water partition coefficient (Wildman–Crippen LogP) is 3.94. The van der Waals surface area contributed by atoms with Crippen molar-refractivity contribution < 1.29 is 28.6 Å². The van der Waals surface area contributed by atoms with Gasteiger partial charge in [0, 0.05) is 6.54 Å². The van der Waals surface area contributed by atoms with Gasteiger partial charge in [-0.2, -0.15) is 0 Å². The average molecular weight is 444 g/mol. The number of carbonyl (C=O) groups is 3. The first kappa shape index (κ1) is 29.4. The highest BCUT2D eigenvalue weighted by Gasteiger charge is 2.49. The molecule has 0 spiro atoms. The molecular weight excluding hydrogens is 398 g/mol. The van der Waals surface area contributed by atoms with Gasteiger partial charge in [0.2, 0.25) is 0 Å². The van der Waals surface area contributed by atoms with Gasteiger partial charge >= 0.3 is 17.9 Å². The number of hydrogen-bond donors (Lipinski definition) is 0. The van der Waals surface area contributed by atoms with Crippen LogP contribution in [-0.4, -0.2) is 63.8 Å². The standard InChI is InChI=1S/C24H45NO6/c1-11-30-20(26)19(14-17(2)3)15-23(6,21(27)29-10)16-24(7,18(4)5)22(28)31-13-12-25(8)9/h17-19H,11-16H2,1-10H3. The quantitative estimate of drug-likeness (QED) is 0.297. The number of carbonyl (C=O) groups excluding carboxylic acids is 3. The molecule has 0 aliphatic carbocycles. The van der Waals surface area contributed by atoms with E-state index in [0.29, 0.717) is 13.0 Å². The predicted molar refractivity (Wildman–Crippen MR) is 121 cm³/mol. The largest absolute Gasteiger partial charge is 0.469 e. The summed E-state index contributed by atoms with van der Waals surface area (Å²) in [6.07, 6.45) is 1.07. The maximum atomic E-state index is 13.1. The van der Waals surface area contributed by atoms with Crippen LogP contribution >= 0.6 is 0 Å². The van der Waals surface area contributed by atoms with E-state index in [1.807, 2.05) is 53.6 Å². The van der Waals surface area contributed by atoms with E-state index < -0.39 is 22.7 Å². The van der Waals surface area contributed by atoms with Crippen LogP contribution < -0.4 is 0 Å². The second-order valence-corrected chi connectivity index (χ2v) is 10.0. The van der Waals surface area contributed by atoms with E-state index in [1.165, 1.54) is 7.11 Å². The molecule has 0 radical (unpaired) electrons. The molecule has 0 rings (SSSR count). The van der Waals surface area contributed by atoms with Crippen molar-refractivity contribution in [1.29, 1.82) is 0 Å². The summed E-state index contributed by atoms with van der Waals surface area (Å²) in [5.41, 5.74) is -1.95. The summed E-state index contributed by atoms with van der Waals surface area (Å²) in [6.45, 7) is 14.5. The molecule has 0 aromatic heterocycles. The summed E-state index contributed by atoms with van der Waals surface area (Å²) >= 11 is 0. The van der Waals surface area contributed by atoms with Crippen LogP contribution in [0, 0.1) is 28.6 Å². The first-order valence-corrected chi connectivity index (χ1v) is 11.3. The van der Waals surface area contributed by atoms with Crippen molar-refractivity contribution >= 4 is 17.9 Å². The Hall–Kier alpha value is -1.63. The summed E-state index contributed by atoms with van der Waals surface area (Å²) < 4.78 is 16.0. The third-order valence-corrected chi connectivity index (χ3v) is 6.02. The molecular formula is C24H45NO6. The van der Waals surface area contributed by atoms with Crippen LogP contribution in [0.4, 0.5) is 0 Å². The molecule has 3 unspecified atom stereocenters. The number of rotatable bonds is 14. The van der Waals surface area contributed by atoms with Gasteiger partial charge in [-0.15, -0.1) is 0 Å². The molecule has 0 saturated carbocycles. The van der Waals surface area contributed by atoms with Crippen LogP contribution in [0.1, 0.15) is 67.7 Å². The average Bonchev–Trinajstić information content (AvgIpc) is 2.65. The molecule has 182 valence electrons. The molecule has 31 heavy (non-hydrogen) atoms. The van der Waals surface area contributed by atoms with Crippen molar-refractivity contribution in [1.82, 2.24) is 4.90 Å². The fraction of sp³-hybridized carbons (Fsp3) is 0.875. The Balaban J connectivity index is 5.90. The van der Waals surface area contributed by atoms with E-state index in [0.717, 1.165) is 0 Å². The van der Waals surface area contributed by atoms with Crippen LogP contribution in [0.25, 0.3) is 0 Å². The number of likely N-dealkylation sites (N-methyl/N-ethyl adjacent to an activating group) is 1. The molecule has 0 amide bonds. The Morgan fingerprint density at radius 2 is 1.55 bits per heavy atom. The number of ether oxygens (including phenoxy) is 3. The Morgan fingerprint density at radius 1 is 0.968 bits per heavy atom. The summed E-state index contributed by atoms with van der Waals surface area (Å²) in [5.74, 6) is -1.36. The second kappa shape index (κ2) is 13.0. The van der Waals surface area contributed by atoms with E-state index in [1.54, 1.807) is 13.8 Å². The molecule has 0 heterocycles. The van der Waals surface area contributed by atoms with Crippen molar-refractivity contribution in [2.45, 2.75) is 67.7 Å². The molecule has 7 nitrogen and oxygen atoms in total. The van der Waals surface area contributed by atoms with Gasteiger partial charge in [0.15, 0.2) is 0 Å². The van der Waals surface area contributed by atoms with E-state index in [4.69, 9.17) is 14.2 Å². The van der Waals surface area contributed by atoms with Crippen LogP contribution in [0.2, 0.25) is 0 Å². The topological polar surface area (TPSA) is 82.1 Å². The van der Waals surface area contributed by atoms with Gasteiger partial charge < -0.3 is 19.1 Å². The number of nitrogens with zero attached hydrogens (tertiary/aromatic N) is 1. The molecule has 0 saturated heterocycles. The summed E-state index contributed by atoms with van der Waals surface area (Å²) in [7, 11) is 5.16. The number of hydrogen-bond acceptors (Lipinski definition) is 7. The maximum Gasteiger partial charge on any atom is 0.312 e. The van der Waals surface area contributed by atoms with Gasteiger partial charge in [-0.3, -0.25) is 14.4 Å². The molecule has 0 bridgehead atoms. The first-order chi connectivity index (χ1) is 14.2. The van der Waals surface area contributed by atoms with Gasteiger partial charge in [0.1, 0.15) is 6.61 Å². The Labute approximate surface area is 189 Å². The fourth-order valence-corrected chi connectivity index (χ4v) is 3.92. The van der Waals surface area contributed by atoms with Gasteiger partial charge in [0.25, 0.3) is 0 Å². The lowest BCUT2D eigenvalue weighted by Crippen LogP contribution is -2.45. The third-order valence-electron chi connectivity index (χ3n) is 6.02. The molecule has 0 aromatic carbocycles. The Bertz CT molecular complexity index is 589. The Kier molecular flexibility index (Phi) is 12.4. The molecule has 3 atom stereocenters. The molecule has 0 aromatic rings. The zero-order valence-electron chi connectivity index (χ0n) is 21.4. The van der Waals surface area contributed by atoms with E-state index >= 15 is 0 Å². The number of methoxy groups -OCH3 is 1. The van der Waals surface area contributed by atoms with Gasteiger partial charge in [0.05, 0.1) is 30.5 Å². The maximum absolute atomic E-state index is 13.1. The lowest BCUT2D eigenvalue weighted by atomic mass is 9.64. The minimum absolute atomic E-state index is 0.0746. The molecule has 0 aliphatic heterocycles. The van der Waals surface area contributed by atoms with E-state index in [9.17, 15) is 14.4 Å². The van der Waals surface area contributed by atoms with E-state index in [-0.39, 0.29) is 49.8 Å². The highest BCUT2D eigenvalue weighted by Crippen LogP contribution is 2.45. The lowest BCUT2D eigenvalue weighted by molar-refractivity contribution is -0.167. The monoisotopic (exact) mass is 443 g/mol. The van der Waals surface area contributed by atoms with Crippen molar-refractivity contribution in [3.8, 4) is 0 Å². The molecule has 7 heteroatoms. The van der Waals surface area contributed by atoms with Crippen LogP contribution in [0.15, 0.2) is 0 Å². The zero-order valence-corrected chi connectivity index (χ0v) is 21.4. The normalized spacial score (nSPS) is 16.5. The van der Waals surface area contributed by atoms with Gasteiger partial charge in [-0.1, -0.05) is 27.7 Å². The highest BCUT2D eigenvalue weighted by atomic mass is 16.5. The molecule has 0 N–H and O–H groups in total. The van der Waals surface area contributed by atoms with Gasteiger partial charge in [-0.25, -0.2) is 0 Å². The first-order valence-electron chi connectivity index (χ1n) is 11.3. The van der Waals surface area contributed by atoms with Crippen molar-refractivity contribution in [2.24, 2.45) is 28.6 Å². The number of esters is 3. The molecule has 0 aliphatic rings. The SMILES string of the molecule is CCOC(=O)C(CC(C)C)CC(C)(CC(C)(C(=O)OCCN(C)C)C(C)C)C(=O)OC. The van der Waals surface area contributed by atoms with Crippen LogP contribution in [-0.2, 0) is 28.6 Å². The van der Waals surface area contributed by atoms with Crippen LogP contribution in [0.3, 0.4) is 0 Å². The highest BCUT2D eigenvalue weighted by molar-refractivity contribution is 5.82. The summed E-state index contributed by atoms with van der Waals surface area (Å²) in [6, 6.07) is 0.